The first kappa shape index (κ1) is 20.3. The summed E-state index contributed by atoms with van der Waals surface area (Å²) in [5, 5.41) is 2.87. The average Bonchev–Trinajstić information content (AvgIpc) is 3.13. The Hall–Kier alpha value is -3.02. The van der Waals surface area contributed by atoms with Crippen LogP contribution in [0.2, 0.25) is 0 Å². The van der Waals surface area contributed by atoms with Gasteiger partial charge in [0.25, 0.3) is 5.91 Å². The summed E-state index contributed by atoms with van der Waals surface area (Å²) >= 11 is 0. The van der Waals surface area contributed by atoms with Gasteiger partial charge in [-0.3, -0.25) is 9.59 Å². The number of hydrogen-bond acceptors (Lipinski definition) is 4. The number of nitrogens with one attached hydrogen (secondary N) is 1. The summed E-state index contributed by atoms with van der Waals surface area (Å²) in [6, 6.07) is 13.5. The number of amides is 2. The number of likely N-dealkylation sites (tertiary alicyclic amines) is 1. The summed E-state index contributed by atoms with van der Waals surface area (Å²) in [5.41, 5.74) is 2.65. The molecule has 0 radical (unpaired) electrons. The van der Waals surface area contributed by atoms with Crippen molar-refractivity contribution in [2.24, 2.45) is 0 Å². The number of aryl methyl sites for hydroxylation is 1. The van der Waals surface area contributed by atoms with Gasteiger partial charge in [-0.2, -0.15) is 0 Å². The van der Waals surface area contributed by atoms with E-state index in [-0.39, 0.29) is 17.9 Å². The molecule has 1 atom stereocenters. The lowest BCUT2D eigenvalue weighted by Gasteiger charge is -2.26. The molecule has 0 aliphatic carbocycles. The predicted octanol–water partition coefficient (Wildman–Crippen LogP) is 3.64. The van der Waals surface area contributed by atoms with Crippen molar-refractivity contribution < 1.29 is 19.1 Å². The summed E-state index contributed by atoms with van der Waals surface area (Å²) in [6.45, 7) is 4.28. The molecule has 2 aromatic carbocycles. The van der Waals surface area contributed by atoms with E-state index in [1.54, 1.807) is 6.07 Å². The number of ether oxygens (including phenoxy) is 2. The lowest BCUT2D eigenvalue weighted by atomic mass is 10.0. The normalized spacial score (nSPS) is 18.0. The minimum Gasteiger partial charge on any atom is -0.490 e. The van der Waals surface area contributed by atoms with Crippen LogP contribution in [0.1, 0.15) is 53.2 Å². The third-order valence-electron chi connectivity index (χ3n) is 5.74. The summed E-state index contributed by atoms with van der Waals surface area (Å²) < 4.78 is 11.5. The number of benzene rings is 2. The monoisotopic (exact) mass is 408 g/mol. The molecule has 2 aromatic rings. The van der Waals surface area contributed by atoms with Crippen LogP contribution >= 0.6 is 0 Å². The highest BCUT2D eigenvalue weighted by atomic mass is 16.5. The van der Waals surface area contributed by atoms with E-state index in [2.05, 4.69) is 5.32 Å². The Morgan fingerprint density at radius 1 is 1.07 bits per heavy atom. The van der Waals surface area contributed by atoms with E-state index < -0.39 is 0 Å². The predicted molar refractivity (Wildman–Crippen MR) is 114 cm³/mol. The van der Waals surface area contributed by atoms with Crippen LogP contribution < -0.4 is 14.8 Å². The van der Waals surface area contributed by atoms with Crippen molar-refractivity contribution in [3.05, 3.63) is 59.2 Å². The van der Waals surface area contributed by atoms with E-state index in [4.69, 9.17) is 9.47 Å². The molecular weight excluding hydrogens is 380 g/mol. The number of nitrogens with zero attached hydrogens (tertiary/aromatic N) is 1. The van der Waals surface area contributed by atoms with E-state index in [0.717, 1.165) is 48.4 Å². The second-order valence-corrected chi connectivity index (χ2v) is 7.82. The quantitative estimate of drug-likeness (QED) is 0.820. The first-order valence-corrected chi connectivity index (χ1v) is 10.7. The molecule has 6 heteroatoms. The fraction of sp³-hybridized carbons (Fsp3) is 0.417. The molecule has 2 heterocycles. The Labute approximate surface area is 177 Å². The van der Waals surface area contributed by atoms with Crippen molar-refractivity contribution >= 4 is 11.8 Å². The average molecular weight is 408 g/mol. The van der Waals surface area contributed by atoms with Gasteiger partial charge in [-0.25, -0.2) is 0 Å². The number of carbonyl (C=O) groups is 2. The number of hydrogen-bond donors (Lipinski definition) is 1. The third-order valence-corrected chi connectivity index (χ3v) is 5.74. The largest absolute Gasteiger partial charge is 0.490 e. The molecule has 2 amide bonds. The molecule has 0 spiro atoms. The van der Waals surface area contributed by atoms with Gasteiger partial charge in [0, 0.05) is 31.5 Å². The summed E-state index contributed by atoms with van der Waals surface area (Å²) in [4.78, 5) is 27.2. The smallest absolute Gasteiger partial charge is 0.251 e. The Kier molecular flexibility index (Phi) is 6.21. The van der Waals surface area contributed by atoms with Crippen LogP contribution in [0.25, 0.3) is 0 Å². The Balaban J connectivity index is 1.36. The van der Waals surface area contributed by atoms with Gasteiger partial charge in [0.15, 0.2) is 11.5 Å². The van der Waals surface area contributed by atoms with Crippen LogP contribution in [0.3, 0.4) is 0 Å². The van der Waals surface area contributed by atoms with Crippen LogP contribution in [-0.2, 0) is 4.79 Å². The molecule has 2 aliphatic heterocycles. The van der Waals surface area contributed by atoms with Crippen molar-refractivity contribution in [3.8, 4) is 11.5 Å². The molecule has 0 aromatic heterocycles. The van der Waals surface area contributed by atoms with E-state index in [9.17, 15) is 9.59 Å². The standard InChI is InChI=1S/C24H28N2O4/c1-17-6-2-3-7-19(17)24(28)25-12-11-23(27)26-13-4-8-20(26)18-9-10-21-22(16-18)30-15-5-14-29-21/h2-3,6-7,9-10,16,20H,4-5,8,11-15H2,1H3,(H,25,28)/t20-/m1/s1. The lowest BCUT2D eigenvalue weighted by Crippen LogP contribution is -2.34. The molecule has 158 valence electrons. The molecule has 1 fully saturated rings. The van der Waals surface area contributed by atoms with Crippen molar-refractivity contribution in [1.82, 2.24) is 10.2 Å². The third kappa shape index (κ3) is 4.42. The van der Waals surface area contributed by atoms with E-state index in [1.807, 2.05) is 48.2 Å². The molecule has 0 bridgehead atoms. The highest BCUT2D eigenvalue weighted by Gasteiger charge is 2.30. The highest BCUT2D eigenvalue weighted by molar-refractivity contribution is 5.95. The lowest BCUT2D eigenvalue weighted by molar-refractivity contribution is -0.132. The highest BCUT2D eigenvalue weighted by Crippen LogP contribution is 2.38. The van der Waals surface area contributed by atoms with Gasteiger partial charge in [0.05, 0.1) is 19.3 Å². The topological polar surface area (TPSA) is 67.9 Å². The van der Waals surface area contributed by atoms with E-state index in [0.29, 0.717) is 31.7 Å². The maximum atomic E-state index is 12.9. The zero-order valence-electron chi connectivity index (χ0n) is 17.4. The molecule has 0 unspecified atom stereocenters. The molecule has 6 nitrogen and oxygen atoms in total. The van der Waals surface area contributed by atoms with E-state index in [1.165, 1.54) is 0 Å². The first-order valence-electron chi connectivity index (χ1n) is 10.7. The molecule has 2 aliphatic rings. The van der Waals surface area contributed by atoms with Crippen molar-refractivity contribution in [1.29, 1.82) is 0 Å². The van der Waals surface area contributed by atoms with Crippen LogP contribution in [-0.4, -0.2) is 43.0 Å². The van der Waals surface area contributed by atoms with E-state index >= 15 is 0 Å². The second kappa shape index (κ2) is 9.20. The van der Waals surface area contributed by atoms with Gasteiger partial charge in [0.2, 0.25) is 5.91 Å². The summed E-state index contributed by atoms with van der Waals surface area (Å²) in [6.07, 6.45) is 3.06. The Morgan fingerprint density at radius 2 is 1.87 bits per heavy atom. The zero-order valence-corrected chi connectivity index (χ0v) is 17.4. The maximum absolute atomic E-state index is 12.9. The van der Waals surface area contributed by atoms with Crippen LogP contribution in [0.4, 0.5) is 0 Å². The number of carbonyl (C=O) groups excluding carboxylic acids is 2. The first-order chi connectivity index (χ1) is 14.6. The fourth-order valence-corrected chi connectivity index (χ4v) is 4.15. The second-order valence-electron chi connectivity index (χ2n) is 7.82. The molecule has 4 rings (SSSR count). The summed E-state index contributed by atoms with van der Waals surface area (Å²) in [5.74, 6) is 1.46. The van der Waals surface area contributed by atoms with Gasteiger partial charge in [0.1, 0.15) is 0 Å². The number of rotatable bonds is 5. The van der Waals surface area contributed by atoms with Gasteiger partial charge in [-0.15, -0.1) is 0 Å². The van der Waals surface area contributed by atoms with Gasteiger partial charge in [-0.1, -0.05) is 24.3 Å². The van der Waals surface area contributed by atoms with Crippen LogP contribution in [0.15, 0.2) is 42.5 Å². The van der Waals surface area contributed by atoms with Gasteiger partial charge >= 0.3 is 0 Å². The SMILES string of the molecule is Cc1ccccc1C(=O)NCCC(=O)N1CCC[C@@H]1c1ccc2c(c1)OCCCO2. The number of fused-ring (bicyclic) bond motifs is 1. The Morgan fingerprint density at radius 3 is 2.70 bits per heavy atom. The van der Waals surface area contributed by atoms with Crippen LogP contribution in [0.5, 0.6) is 11.5 Å². The minimum absolute atomic E-state index is 0.0433. The minimum atomic E-state index is -0.137. The van der Waals surface area contributed by atoms with Crippen molar-refractivity contribution in [2.75, 3.05) is 26.3 Å². The fourth-order valence-electron chi connectivity index (χ4n) is 4.15. The van der Waals surface area contributed by atoms with Crippen molar-refractivity contribution in [2.45, 2.75) is 38.6 Å². The molecule has 0 saturated carbocycles. The Bertz CT molecular complexity index is 927. The molecular formula is C24H28N2O4. The van der Waals surface area contributed by atoms with Crippen LogP contribution in [0, 0.1) is 6.92 Å². The molecule has 1 saturated heterocycles. The molecule has 1 N–H and O–H groups in total. The molecule has 30 heavy (non-hydrogen) atoms. The zero-order chi connectivity index (χ0) is 20.9. The van der Waals surface area contributed by atoms with Crippen molar-refractivity contribution in [3.63, 3.8) is 0 Å². The maximum Gasteiger partial charge on any atom is 0.251 e. The summed E-state index contributed by atoms with van der Waals surface area (Å²) in [7, 11) is 0. The van der Waals surface area contributed by atoms with Gasteiger partial charge < -0.3 is 19.7 Å². The van der Waals surface area contributed by atoms with Gasteiger partial charge in [-0.05, 0) is 49.1 Å².